The van der Waals surface area contributed by atoms with Crippen LogP contribution in [0.5, 0.6) is 0 Å². The number of aromatic nitrogens is 2. The Bertz CT molecular complexity index is 1010. The molecule has 146 valence electrons. The maximum Gasteiger partial charge on any atom is 0.344 e. The lowest BCUT2D eigenvalue weighted by Crippen LogP contribution is -2.16. The van der Waals surface area contributed by atoms with Crippen LogP contribution >= 0.6 is 0 Å². The first kappa shape index (κ1) is 19.6. The van der Waals surface area contributed by atoms with Crippen LogP contribution in [-0.4, -0.2) is 28.1 Å². The minimum atomic E-state index is -0.590. The van der Waals surface area contributed by atoms with E-state index in [1.165, 1.54) is 0 Å². The highest BCUT2D eigenvalue weighted by molar-refractivity contribution is 6.01. The molecule has 1 aromatic carbocycles. The van der Waals surface area contributed by atoms with Gasteiger partial charge in [-0.05, 0) is 39.0 Å². The smallest absolute Gasteiger partial charge is 0.344 e. The van der Waals surface area contributed by atoms with E-state index in [0.717, 1.165) is 17.1 Å². The molecule has 0 radical (unpaired) electrons. The minimum Gasteiger partial charge on any atom is -0.454 e. The number of Topliss-reactive ketones (excluding diaryl/α,β-unsaturated/α-hetero) is 1. The van der Waals surface area contributed by atoms with Gasteiger partial charge in [0.25, 0.3) is 0 Å². The fourth-order valence-corrected chi connectivity index (χ4v) is 3.33. The second kappa shape index (κ2) is 7.84. The Labute approximate surface area is 164 Å². The van der Waals surface area contributed by atoms with Gasteiger partial charge in [0.2, 0.25) is 5.78 Å². The number of para-hydroxylation sites is 1. The Morgan fingerprint density at radius 2 is 1.82 bits per heavy atom. The van der Waals surface area contributed by atoms with Crippen LogP contribution in [0, 0.1) is 20.8 Å². The molecule has 0 aliphatic rings. The average Bonchev–Trinajstić information content (AvgIpc) is 3.20. The maximum absolute atomic E-state index is 12.7. The first-order valence-corrected chi connectivity index (χ1v) is 9.22. The standard InChI is InChI=1S/C22H24N2O4/c1-13(2)21-20(15(4)23-28-21)22(26)27-12-19(25)18-11-14(3)24(16(18)5)17-9-7-6-8-10-17/h6-11,13H,12H2,1-5H3. The lowest BCUT2D eigenvalue weighted by Gasteiger charge is -2.10. The van der Waals surface area contributed by atoms with Gasteiger partial charge in [-0.1, -0.05) is 37.2 Å². The summed E-state index contributed by atoms with van der Waals surface area (Å²) < 4.78 is 12.5. The second-order valence-corrected chi connectivity index (χ2v) is 7.12. The summed E-state index contributed by atoms with van der Waals surface area (Å²) in [5, 5.41) is 3.84. The Hall–Kier alpha value is -3.15. The number of ketones is 1. The predicted molar refractivity (Wildman–Crippen MR) is 105 cm³/mol. The molecular weight excluding hydrogens is 356 g/mol. The van der Waals surface area contributed by atoms with Crippen molar-refractivity contribution in [3.05, 3.63) is 70.4 Å². The van der Waals surface area contributed by atoms with Gasteiger partial charge in [0.1, 0.15) is 5.56 Å². The van der Waals surface area contributed by atoms with Gasteiger partial charge in [-0.25, -0.2) is 4.79 Å². The molecule has 0 saturated carbocycles. The Morgan fingerprint density at radius 1 is 1.14 bits per heavy atom. The van der Waals surface area contributed by atoms with Crippen molar-refractivity contribution in [1.29, 1.82) is 0 Å². The number of nitrogens with zero attached hydrogens (tertiary/aromatic N) is 2. The molecule has 0 N–H and O–H groups in total. The number of rotatable bonds is 6. The van der Waals surface area contributed by atoms with Gasteiger partial charge in [-0.3, -0.25) is 4.79 Å². The number of esters is 1. The van der Waals surface area contributed by atoms with Crippen molar-refractivity contribution in [3.63, 3.8) is 0 Å². The molecule has 3 rings (SSSR count). The van der Waals surface area contributed by atoms with Crippen LogP contribution in [0.2, 0.25) is 0 Å². The highest BCUT2D eigenvalue weighted by Crippen LogP contribution is 2.24. The number of carbonyl (C=O) groups is 2. The van der Waals surface area contributed by atoms with E-state index in [-0.39, 0.29) is 18.3 Å². The Balaban J connectivity index is 1.78. The molecule has 0 unspecified atom stereocenters. The van der Waals surface area contributed by atoms with Gasteiger partial charge in [0.15, 0.2) is 12.4 Å². The van der Waals surface area contributed by atoms with Crippen molar-refractivity contribution in [2.75, 3.05) is 6.61 Å². The van der Waals surface area contributed by atoms with Gasteiger partial charge in [-0.15, -0.1) is 0 Å². The molecule has 6 heteroatoms. The molecule has 0 saturated heterocycles. The van der Waals surface area contributed by atoms with E-state index in [1.807, 2.05) is 68.7 Å². The summed E-state index contributed by atoms with van der Waals surface area (Å²) in [4.78, 5) is 25.2. The van der Waals surface area contributed by atoms with E-state index in [4.69, 9.17) is 9.26 Å². The van der Waals surface area contributed by atoms with Crippen LogP contribution in [0.3, 0.4) is 0 Å². The molecule has 0 atom stereocenters. The van der Waals surface area contributed by atoms with E-state index in [9.17, 15) is 9.59 Å². The Morgan fingerprint density at radius 3 is 2.46 bits per heavy atom. The normalized spacial score (nSPS) is 11.1. The van der Waals surface area contributed by atoms with E-state index in [2.05, 4.69) is 5.16 Å². The summed E-state index contributed by atoms with van der Waals surface area (Å²) >= 11 is 0. The number of aryl methyl sites for hydroxylation is 2. The van der Waals surface area contributed by atoms with Gasteiger partial charge in [0, 0.05) is 28.6 Å². The average molecular weight is 380 g/mol. The highest BCUT2D eigenvalue weighted by Gasteiger charge is 2.25. The van der Waals surface area contributed by atoms with E-state index in [1.54, 1.807) is 6.92 Å². The zero-order valence-electron chi connectivity index (χ0n) is 16.8. The monoisotopic (exact) mass is 380 g/mol. The molecule has 6 nitrogen and oxygen atoms in total. The molecular formula is C22H24N2O4. The summed E-state index contributed by atoms with van der Waals surface area (Å²) in [6.07, 6.45) is 0. The van der Waals surface area contributed by atoms with Gasteiger partial charge < -0.3 is 13.8 Å². The number of benzene rings is 1. The van der Waals surface area contributed by atoms with Crippen molar-refractivity contribution < 1.29 is 18.8 Å². The Kier molecular flexibility index (Phi) is 5.49. The zero-order valence-corrected chi connectivity index (χ0v) is 16.8. The molecule has 0 bridgehead atoms. The first-order chi connectivity index (χ1) is 13.3. The fraction of sp³-hybridized carbons (Fsp3) is 0.318. The lowest BCUT2D eigenvalue weighted by atomic mass is 10.1. The molecule has 28 heavy (non-hydrogen) atoms. The third kappa shape index (κ3) is 3.63. The topological polar surface area (TPSA) is 74.3 Å². The number of ether oxygens (including phenoxy) is 1. The van der Waals surface area contributed by atoms with Crippen LogP contribution in [0.4, 0.5) is 0 Å². The predicted octanol–water partition coefficient (Wildman–Crippen LogP) is 4.55. The maximum atomic E-state index is 12.7. The first-order valence-electron chi connectivity index (χ1n) is 9.22. The molecule has 0 fully saturated rings. The SMILES string of the molecule is Cc1noc(C(C)C)c1C(=O)OCC(=O)c1cc(C)n(-c2ccccc2)c1C. The summed E-state index contributed by atoms with van der Waals surface area (Å²) in [5.74, 6) is -0.377. The number of carbonyl (C=O) groups excluding carboxylic acids is 2. The van der Waals surface area contributed by atoms with Gasteiger partial charge in [0.05, 0.1) is 5.69 Å². The highest BCUT2D eigenvalue weighted by atomic mass is 16.5. The van der Waals surface area contributed by atoms with Crippen molar-refractivity contribution in [2.24, 2.45) is 0 Å². The third-order valence-electron chi connectivity index (χ3n) is 4.70. The van der Waals surface area contributed by atoms with Crippen molar-refractivity contribution >= 4 is 11.8 Å². The summed E-state index contributed by atoms with van der Waals surface area (Å²) in [5.41, 5.74) is 4.04. The van der Waals surface area contributed by atoms with Crippen molar-refractivity contribution in [1.82, 2.24) is 9.72 Å². The van der Waals surface area contributed by atoms with Gasteiger partial charge in [-0.2, -0.15) is 0 Å². The number of hydrogen-bond acceptors (Lipinski definition) is 5. The van der Waals surface area contributed by atoms with Crippen LogP contribution in [0.25, 0.3) is 5.69 Å². The third-order valence-corrected chi connectivity index (χ3v) is 4.70. The van der Waals surface area contributed by atoms with Crippen molar-refractivity contribution in [3.8, 4) is 5.69 Å². The molecule has 0 spiro atoms. The summed E-state index contributed by atoms with van der Waals surface area (Å²) in [6, 6.07) is 11.6. The van der Waals surface area contributed by atoms with Crippen LogP contribution in [0.15, 0.2) is 40.9 Å². The van der Waals surface area contributed by atoms with Crippen molar-refractivity contribution in [2.45, 2.75) is 40.5 Å². The summed E-state index contributed by atoms with van der Waals surface area (Å²) in [7, 11) is 0. The minimum absolute atomic E-state index is 0.00995. The molecule has 0 aliphatic carbocycles. The fourth-order valence-electron chi connectivity index (χ4n) is 3.33. The molecule has 0 amide bonds. The van der Waals surface area contributed by atoms with E-state index in [0.29, 0.717) is 22.6 Å². The van der Waals surface area contributed by atoms with Crippen LogP contribution < -0.4 is 0 Å². The second-order valence-electron chi connectivity index (χ2n) is 7.12. The number of hydrogen-bond donors (Lipinski definition) is 0. The summed E-state index contributed by atoms with van der Waals surface area (Å²) in [6.45, 7) is 8.98. The van der Waals surface area contributed by atoms with Crippen LogP contribution in [0.1, 0.15) is 63.3 Å². The van der Waals surface area contributed by atoms with E-state index < -0.39 is 5.97 Å². The van der Waals surface area contributed by atoms with Crippen LogP contribution in [-0.2, 0) is 4.74 Å². The largest absolute Gasteiger partial charge is 0.454 e. The molecule has 2 heterocycles. The quantitative estimate of drug-likeness (QED) is 0.463. The molecule has 3 aromatic rings. The van der Waals surface area contributed by atoms with E-state index >= 15 is 0 Å². The lowest BCUT2D eigenvalue weighted by molar-refractivity contribution is 0.0471. The zero-order chi connectivity index (χ0) is 20.4. The van der Waals surface area contributed by atoms with Gasteiger partial charge >= 0.3 is 5.97 Å². The molecule has 2 aromatic heterocycles. The molecule has 0 aliphatic heterocycles.